The SMILES string of the molecule is Cc1noc(C)c1CCC(=O)N(CC(=O)O)CC(C)C. The van der Waals surface area contributed by atoms with Crippen LogP contribution in [0, 0.1) is 19.8 Å². The van der Waals surface area contributed by atoms with E-state index in [0.717, 1.165) is 11.3 Å². The molecule has 0 aliphatic rings. The van der Waals surface area contributed by atoms with Crippen molar-refractivity contribution in [2.24, 2.45) is 5.92 Å². The number of carbonyl (C=O) groups is 2. The van der Waals surface area contributed by atoms with E-state index < -0.39 is 5.97 Å². The lowest BCUT2D eigenvalue weighted by Crippen LogP contribution is -2.38. The molecule has 0 atom stereocenters. The Morgan fingerprint density at radius 1 is 1.35 bits per heavy atom. The maximum atomic E-state index is 12.1. The molecule has 6 heteroatoms. The lowest BCUT2D eigenvalue weighted by molar-refractivity contribution is -0.144. The summed E-state index contributed by atoms with van der Waals surface area (Å²) in [6.45, 7) is 7.75. The normalized spacial score (nSPS) is 10.8. The zero-order valence-electron chi connectivity index (χ0n) is 12.5. The Morgan fingerprint density at radius 3 is 2.45 bits per heavy atom. The quantitative estimate of drug-likeness (QED) is 0.824. The molecule has 0 fully saturated rings. The number of carboxylic acids is 1. The number of hydrogen-bond donors (Lipinski definition) is 1. The first-order chi connectivity index (χ1) is 9.31. The molecule has 0 bridgehead atoms. The van der Waals surface area contributed by atoms with Gasteiger partial charge < -0.3 is 14.5 Å². The Labute approximate surface area is 118 Å². The van der Waals surface area contributed by atoms with Gasteiger partial charge in [0, 0.05) is 18.5 Å². The van der Waals surface area contributed by atoms with Crippen LogP contribution < -0.4 is 0 Å². The number of aliphatic carboxylic acids is 1. The second-order valence-electron chi connectivity index (χ2n) is 5.36. The molecule has 1 aromatic rings. The van der Waals surface area contributed by atoms with Crippen LogP contribution in [0.5, 0.6) is 0 Å². The van der Waals surface area contributed by atoms with Gasteiger partial charge in [0.15, 0.2) is 0 Å². The Kier molecular flexibility index (Phi) is 5.73. The van der Waals surface area contributed by atoms with E-state index in [1.54, 1.807) is 0 Å². The average molecular weight is 282 g/mol. The zero-order chi connectivity index (χ0) is 15.3. The van der Waals surface area contributed by atoms with Gasteiger partial charge in [-0.1, -0.05) is 19.0 Å². The minimum atomic E-state index is -0.990. The van der Waals surface area contributed by atoms with E-state index in [9.17, 15) is 9.59 Å². The van der Waals surface area contributed by atoms with E-state index in [2.05, 4.69) is 5.16 Å². The predicted molar refractivity (Wildman–Crippen MR) is 73.4 cm³/mol. The number of carbonyl (C=O) groups excluding carboxylic acids is 1. The van der Waals surface area contributed by atoms with Gasteiger partial charge in [0.05, 0.1) is 5.69 Å². The summed E-state index contributed by atoms with van der Waals surface area (Å²) >= 11 is 0. The van der Waals surface area contributed by atoms with E-state index in [1.807, 2.05) is 27.7 Å². The predicted octanol–water partition coefficient (Wildman–Crippen LogP) is 1.79. The second-order valence-corrected chi connectivity index (χ2v) is 5.36. The molecule has 0 saturated heterocycles. The maximum Gasteiger partial charge on any atom is 0.323 e. The minimum Gasteiger partial charge on any atom is -0.480 e. The van der Waals surface area contributed by atoms with E-state index in [4.69, 9.17) is 9.63 Å². The molecule has 0 aliphatic carbocycles. The highest BCUT2D eigenvalue weighted by atomic mass is 16.5. The Bertz CT molecular complexity index is 460. The molecule has 20 heavy (non-hydrogen) atoms. The molecule has 0 saturated carbocycles. The van der Waals surface area contributed by atoms with Gasteiger partial charge in [-0.15, -0.1) is 0 Å². The Balaban J connectivity index is 2.64. The van der Waals surface area contributed by atoms with Gasteiger partial charge >= 0.3 is 5.97 Å². The first kappa shape index (κ1) is 16.2. The van der Waals surface area contributed by atoms with Crippen molar-refractivity contribution < 1.29 is 19.2 Å². The van der Waals surface area contributed by atoms with E-state index in [0.29, 0.717) is 18.7 Å². The average Bonchev–Trinajstić information content (AvgIpc) is 2.64. The number of hydrogen-bond acceptors (Lipinski definition) is 4. The number of aryl methyl sites for hydroxylation is 2. The topological polar surface area (TPSA) is 83.6 Å². The van der Waals surface area contributed by atoms with Crippen molar-refractivity contribution in [2.45, 2.75) is 40.5 Å². The molecule has 1 rings (SSSR count). The van der Waals surface area contributed by atoms with Crippen molar-refractivity contribution in [2.75, 3.05) is 13.1 Å². The molecule has 0 aliphatic heterocycles. The third-order valence-electron chi connectivity index (χ3n) is 3.03. The van der Waals surface area contributed by atoms with Gasteiger partial charge in [0.1, 0.15) is 12.3 Å². The fourth-order valence-corrected chi connectivity index (χ4v) is 2.11. The van der Waals surface area contributed by atoms with Gasteiger partial charge in [-0.25, -0.2) is 0 Å². The molecule has 1 aromatic heterocycles. The Hall–Kier alpha value is -1.85. The summed E-state index contributed by atoms with van der Waals surface area (Å²) in [4.78, 5) is 24.4. The van der Waals surface area contributed by atoms with Gasteiger partial charge in [0.25, 0.3) is 0 Å². The summed E-state index contributed by atoms with van der Waals surface area (Å²) in [7, 11) is 0. The molecule has 112 valence electrons. The van der Waals surface area contributed by atoms with Gasteiger partial charge in [0.2, 0.25) is 5.91 Å². The van der Waals surface area contributed by atoms with Crippen LogP contribution >= 0.6 is 0 Å². The van der Waals surface area contributed by atoms with E-state index in [-0.39, 0.29) is 24.8 Å². The fourth-order valence-electron chi connectivity index (χ4n) is 2.11. The smallest absolute Gasteiger partial charge is 0.323 e. The first-order valence-corrected chi connectivity index (χ1v) is 6.72. The van der Waals surface area contributed by atoms with Crippen molar-refractivity contribution in [3.05, 3.63) is 17.0 Å². The summed E-state index contributed by atoms with van der Waals surface area (Å²) in [5.74, 6) is -0.196. The maximum absolute atomic E-state index is 12.1. The van der Waals surface area contributed by atoms with Gasteiger partial charge in [-0.3, -0.25) is 9.59 Å². The van der Waals surface area contributed by atoms with Crippen LogP contribution in [0.25, 0.3) is 0 Å². The molecule has 1 heterocycles. The molecule has 0 aromatic carbocycles. The third kappa shape index (κ3) is 4.68. The third-order valence-corrected chi connectivity index (χ3v) is 3.03. The second kappa shape index (κ2) is 7.07. The van der Waals surface area contributed by atoms with Gasteiger partial charge in [-0.2, -0.15) is 0 Å². The van der Waals surface area contributed by atoms with Crippen molar-refractivity contribution in [3.8, 4) is 0 Å². The van der Waals surface area contributed by atoms with Crippen LogP contribution in [0.4, 0.5) is 0 Å². The van der Waals surface area contributed by atoms with E-state index >= 15 is 0 Å². The molecule has 0 radical (unpaired) electrons. The fraction of sp³-hybridized carbons (Fsp3) is 0.643. The number of rotatable bonds is 7. The first-order valence-electron chi connectivity index (χ1n) is 6.72. The number of nitrogens with zero attached hydrogens (tertiary/aromatic N) is 2. The van der Waals surface area contributed by atoms with Crippen LogP contribution in [-0.4, -0.2) is 40.1 Å². The van der Waals surface area contributed by atoms with Crippen molar-refractivity contribution in [1.82, 2.24) is 10.1 Å². The molecule has 0 unspecified atom stereocenters. The van der Waals surface area contributed by atoms with Gasteiger partial charge in [-0.05, 0) is 26.2 Å². The van der Waals surface area contributed by atoms with Crippen LogP contribution in [0.15, 0.2) is 4.52 Å². The summed E-state index contributed by atoms with van der Waals surface area (Å²) in [5, 5.41) is 12.7. The largest absolute Gasteiger partial charge is 0.480 e. The Morgan fingerprint density at radius 2 is 2.00 bits per heavy atom. The standard InChI is InChI=1S/C14H22N2O4/c1-9(2)7-16(8-14(18)19)13(17)6-5-12-10(3)15-20-11(12)4/h9H,5-8H2,1-4H3,(H,18,19). The number of aromatic nitrogens is 1. The minimum absolute atomic E-state index is 0.152. The van der Waals surface area contributed by atoms with Crippen molar-refractivity contribution >= 4 is 11.9 Å². The highest BCUT2D eigenvalue weighted by Gasteiger charge is 2.19. The number of carboxylic acid groups (broad SMARTS) is 1. The van der Waals surface area contributed by atoms with E-state index in [1.165, 1.54) is 4.90 Å². The lowest BCUT2D eigenvalue weighted by atomic mass is 10.1. The molecular formula is C14H22N2O4. The van der Waals surface area contributed by atoms with Crippen LogP contribution in [0.1, 0.15) is 37.3 Å². The molecule has 1 N–H and O–H groups in total. The zero-order valence-corrected chi connectivity index (χ0v) is 12.5. The van der Waals surface area contributed by atoms with Crippen LogP contribution in [0.3, 0.4) is 0 Å². The van der Waals surface area contributed by atoms with Crippen molar-refractivity contribution in [1.29, 1.82) is 0 Å². The summed E-state index contributed by atoms with van der Waals surface area (Å²) in [5.41, 5.74) is 1.71. The highest BCUT2D eigenvalue weighted by molar-refractivity contribution is 5.81. The number of amides is 1. The summed E-state index contributed by atoms with van der Waals surface area (Å²) in [6, 6.07) is 0. The van der Waals surface area contributed by atoms with Crippen LogP contribution in [-0.2, 0) is 16.0 Å². The molecule has 0 spiro atoms. The highest BCUT2D eigenvalue weighted by Crippen LogP contribution is 2.15. The summed E-state index contributed by atoms with van der Waals surface area (Å²) in [6.07, 6.45) is 0.789. The monoisotopic (exact) mass is 282 g/mol. The van der Waals surface area contributed by atoms with Crippen molar-refractivity contribution in [3.63, 3.8) is 0 Å². The molecular weight excluding hydrogens is 260 g/mol. The molecule has 6 nitrogen and oxygen atoms in total. The lowest BCUT2D eigenvalue weighted by Gasteiger charge is -2.22. The van der Waals surface area contributed by atoms with Crippen LogP contribution in [0.2, 0.25) is 0 Å². The summed E-state index contributed by atoms with van der Waals surface area (Å²) < 4.78 is 5.05. The molecule has 1 amide bonds.